The lowest BCUT2D eigenvalue weighted by Gasteiger charge is -2.25. The fraction of sp³-hybridized carbons (Fsp3) is 0.409. The fourth-order valence-corrected chi connectivity index (χ4v) is 3.93. The molecule has 30 heavy (non-hydrogen) atoms. The molecule has 156 valence electrons. The zero-order chi connectivity index (χ0) is 21.3. The fourth-order valence-electron chi connectivity index (χ4n) is 3.93. The van der Waals surface area contributed by atoms with Crippen LogP contribution in [-0.2, 0) is 9.53 Å². The van der Waals surface area contributed by atoms with E-state index in [4.69, 9.17) is 4.74 Å². The first-order valence-electron chi connectivity index (χ1n) is 10.0. The monoisotopic (exact) mass is 406 g/mol. The zero-order valence-corrected chi connectivity index (χ0v) is 17.7. The van der Waals surface area contributed by atoms with Gasteiger partial charge < -0.3 is 10.1 Å². The van der Waals surface area contributed by atoms with Crippen LogP contribution < -0.4 is 10.2 Å². The number of amides is 1. The smallest absolute Gasteiger partial charge is 0.238 e. The van der Waals surface area contributed by atoms with Gasteiger partial charge in [0.2, 0.25) is 5.91 Å². The Morgan fingerprint density at radius 3 is 2.73 bits per heavy atom. The third kappa shape index (κ3) is 3.59. The zero-order valence-electron chi connectivity index (χ0n) is 17.7. The van der Waals surface area contributed by atoms with Crippen LogP contribution in [0.2, 0.25) is 0 Å². The van der Waals surface area contributed by atoms with Crippen LogP contribution in [0.4, 0.5) is 11.6 Å². The van der Waals surface area contributed by atoms with Crippen LogP contribution >= 0.6 is 0 Å². The second-order valence-electron chi connectivity index (χ2n) is 8.08. The van der Waals surface area contributed by atoms with Crippen molar-refractivity contribution in [3.63, 3.8) is 0 Å². The lowest BCUT2D eigenvalue weighted by atomic mass is 9.75. The minimum atomic E-state index is -0.529. The van der Waals surface area contributed by atoms with Gasteiger partial charge in [0.25, 0.3) is 0 Å². The highest BCUT2D eigenvalue weighted by Gasteiger charge is 2.52. The van der Waals surface area contributed by atoms with E-state index in [-0.39, 0.29) is 11.8 Å². The number of hydrogen-bond acceptors (Lipinski definition) is 7. The summed E-state index contributed by atoms with van der Waals surface area (Å²) in [5, 5.41) is 3.17. The van der Waals surface area contributed by atoms with Crippen LogP contribution in [0, 0.1) is 18.3 Å². The third-order valence-corrected chi connectivity index (χ3v) is 5.70. The molecule has 0 radical (unpaired) electrons. The Hall–Kier alpha value is -3.13. The van der Waals surface area contributed by atoms with E-state index in [0.29, 0.717) is 24.8 Å². The maximum absolute atomic E-state index is 13.4. The molecular formula is C22H26N6O2. The highest BCUT2D eigenvalue weighted by molar-refractivity contribution is 6.04. The van der Waals surface area contributed by atoms with E-state index in [1.54, 1.807) is 24.4 Å². The van der Waals surface area contributed by atoms with E-state index in [0.717, 1.165) is 29.1 Å². The van der Waals surface area contributed by atoms with Crippen molar-refractivity contribution in [3.05, 3.63) is 54.0 Å². The number of aryl methyl sites for hydroxylation is 1. The van der Waals surface area contributed by atoms with Gasteiger partial charge in [0.15, 0.2) is 5.82 Å². The van der Waals surface area contributed by atoms with Gasteiger partial charge in [-0.3, -0.25) is 14.7 Å². The van der Waals surface area contributed by atoms with Crippen molar-refractivity contribution in [2.75, 3.05) is 30.5 Å². The highest BCUT2D eigenvalue weighted by Crippen LogP contribution is 2.50. The predicted molar refractivity (Wildman–Crippen MR) is 115 cm³/mol. The van der Waals surface area contributed by atoms with Crippen molar-refractivity contribution in [2.45, 2.75) is 27.2 Å². The Morgan fingerprint density at radius 2 is 2.00 bits per heavy atom. The summed E-state index contributed by atoms with van der Waals surface area (Å²) in [6, 6.07) is 0. The molecule has 1 amide bonds. The van der Waals surface area contributed by atoms with E-state index in [9.17, 15) is 4.79 Å². The largest absolute Gasteiger partial charge is 0.383 e. The number of methoxy groups -OCH3 is 1. The Labute approximate surface area is 176 Å². The summed E-state index contributed by atoms with van der Waals surface area (Å²) in [4.78, 5) is 32.6. The average molecular weight is 406 g/mol. The lowest BCUT2D eigenvalue weighted by Crippen LogP contribution is -2.32. The first-order chi connectivity index (χ1) is 14.4. The molecule has 2 aliphatic rings. The molecule has 0 saturated carbocycles. The minimum Gasteiger partial charge on any atom is -0.383 e. The Bertz CT molecular complexity index is 1010. The summed E-state index contributed by atoms with van der Waals surface area (Å²) < 4.78 is 5.07. The number of anilines is 2. The Balaban J connectivity index is 1.70. The topological polar surface area (TPSA) is 93.1 Å². The van der Waals surface area contributed by atoms with E-state index in [1.165, 1.54) is 0 Å². The first kappa shape index (κ1) is 20.2. The van der Waals surface area contributed by atoms with E-state index in [1.807, 2.05) is 33.2 Å². The number of nitrogens with one attached hydrogen (secondary N) is 1. The van der Waals surface area contributed by atoms with Crippen molar-refractivity contribution < 1.29 is 9.53 Å². The maximum Gasteiger partial charge on any atom is 0.238 e. The summed E-state index contributed by atoms with van der Waals surface area (Å²) in [6.45, 7) is 7.02. The van der Waals surface area contributed by atoms with Crippen molar-refractivity contribution in [3.8, 4) is 0 Å². The van der Waals surface area contributed by atoms with Gasteiger partial charge in [-0.15, -0.1) is 0 Å². The quantitative estimate of drug-likeness (QED) is 0.737. The lowest BCUT2D eigenvalue weighted by molar-refractivity contribution is -0.125. The molecule has 1 saturated heterocycles. The molecule has 3 heterocycles. The van der Waals surface area contributed by atoms with Gasteiger partial charge in [0.05, 0.1) is 24.4 Å². The van der Waals surface area contributed by atoms with Crippen LogP contribution in [-0.4, -0.2) is 46.1 Å². The molecule has 1 fully saturated rings. The number of carbonyl (C=O) groups is 1. The molecule has 8 heteroatoms. The number of fused-ring (bicyclic) bond motifs is 1. The summed E-state index contributed by atoms with van der Waals surface area (Å²) in [7, 11) is 1.65. The molecule has 1 aliphatic carbocycles. The number of nitrogens with zero attached hydrogens (tertiary/aromatic N) is 5. The minimum absolute atomic E-state index is 0.0249. The molecule has 2 aromatic heterocycles. The summed E-state index contributed by atoms with van der Waals surface area (Å²) in [5.41, 5.74) is 2.36. The van der Waals surface area contributed by atoms with Gasteiger partial charge in [0.1, 0.15) is 11.6 Å². The molecule has 2 aromatic rings. The average Bonchev–Trinajstić information content (AvgIpc) is 2.94. The van der Waals surface area contributed by atoms with Crippen LogP contribution in [0.15, 0.2) is 42.6 Å². The Morgan fingerprint density at radius 1 is 1.23 bits per heavy atom. The summed E-state index contributed by atoms with van der Waals surface area (Å²) in [5.74, 6) is 1.96. The van der Waals surface area contributed by atoms with Gasteiger partial charge in [0, 0.05) is 43.2 Å². The van der Waals surface area contributed by atoms with Gasteiger partial charge in [-0.2, -0.15) is 0 Å². The highest BCUT2D eigenvalue weighted by atomic mass is 16.5. The molecule has 0 bridgehead atoms. The van der Waals surface area contributed by atoms with Crippen LogP contribution in [0.3, 0.4) is 0 Å². The van der Waals surface area contributed by atoms with Gasteiger partial charge in [-0.05, 0) is 25.0 Å². The Kier molecular flexibility index (Phi) is 5.34. The molecule has 4 rings (SSSR count). The van der Waals surface area contributed by atoms with Crippen LogP contribution in [0.5, 0.6) is 0 Å². The van der Waals surface area contributed by atoms with Crippen molar-refractivity contribution in [1.82, 2.24) is 19.9 Å². The first-order valence-corrected chi connectivity index (χ1v) is 10.0. The van der Waals surface area contributed by atoms with E-state index >= 15 is 0 Å². The second-order valence-corrected chi connectivity index (χ2v) is 8.08. The molecule has 1 N–H and O–H groups in total. The van der Waals surface area contributed by atoms with Crippen molar-refractivity contribution in [2.24, 2.45) is 11.3 Å². The number of hydrogen-bond donors (Lipinski definition) is 1. The summed E-state index contributed by atoms with van der Waals surface area (Å²) >= 11 is 0. The third-order valence-electron chi connectivity index (χ3n) is 5.70. The van der Waals surface area contributed by atoms with Gasteiger partial charge in [-0.25, -0.2) is 15.0 Å². The van der Waals surface area contributed by atoms with Crippen molar-refractivity contribution in [1.29, 1.82) is 0 Å². The van der Waals surface area contributed by atoms with E-state index < -0.39 is 5.41 Å². The molecule has 8 nitrogen and oxygen atoms in total. The number of aromatic nitrogens is 4. The van der Waals surface area contributed by atoms with Gasteiger partial charge in [-0.1, -0.05) is 19.9 Å². The summed E-state index contributed by atoms with van der Waals surface area (Å²) in [6.07, 6.45) is 11.9. The number of carbonyl (C=O) groups excluding carboxylic acids is 1. The van der Waals surface area contributed by atoms with Crippen LogP contribution in [0.1, 0.15) is 31.7 Å². The number of ether oxygens (including phenoxy) is 1. The van der Waals surface area contributed by atoms with Crippen molar-refractivity contribution >= 4 is 23.1 Å². The van der Waals surface area contributed by atoms with E-state index in [2.05, 4.69) is 37.4 Å². The maximum atomic E-state index is 13.4. The predicted octanol–water partition coefficient (Wildman–Crippen LogP) is 2.99. The SMILES string of the molecule is COCCNc1cncc(N2C(=O)C(C)(C)C3CC=C(c4cnc(C)nc4)C=C32)n1. The van der Waals surface area contributed by atoms with Gasteiger partial charge >= 0.3 is 0 Å². The number of rotatable bonds is 6. The van der Waals surface area contributed by atoms with Crippen LogP contribution in [0.25, 0.3) is 5.57 Å². The standard InChI is InChI=1S/C22H26N6O2/c1-14-25-10-16(11-26-14)15-5-6-17-18(9-15)28(21(29)22(17,2)3)20-13-23-12-19(27-20)24-7-8-30-4/h5,9-13,17H,6-8H2,1-4H3,(H,24,27). The molecule has 0 spiro atoms. The number of allylic oxidation sites excluding steroid dienone is 4. The molecule has 0 aromatic carbocycles. The normalized spacial score (nSPS) is 19.9. The second kappa shape index (κ2) is 7.95. The molecule has 1 aliphatic heterocycles. The molecule has 1 atom stereocenters. The molecule has 1 unspecified atom stereocenters. The molecular weight excluding hydrogens is 380 g/mol.